The van der Waals surface area contributed by atoms with Crippen LogP contribution in [0, 0.1) is 5.92 Å². The molecule has 0 unspecified atom stereocenters. The molecule has 0 saturated heterocycles. The summed E-state index contributed by atoms with van der Waals surface area (Å²) in [6, 6.07) is -1.96. The van der Waals surface area contributed by atoms with Crippen LogP contribution in [0.25, 0.3) is 0 Å². The van der Waals surface area contributed by atoms with Crippen LogP contribution < -0.4 is 16.4 Å². The molecule has 0 aromatic carbocycles. The number of hydrogen-bond donors (Lipinski definition) is 3. The first-order valence-electron chi connectivity index (χ1n) is 8.03. The largest absolute Gasteiger partial charge is 0.467 e. The molecule has 25 heavy (non-hydrogen) atoms. The molecule has 3 amide bonds. The monoisotopic (exact) mass is 359 g/mol. The van der Waals surface area contributed by atoms with E-state index in [1.54, 1.807) is 34.6 Å². The summed E-state index contributed by atoms with van der Waals surface area (Å²) in [6.07, 6.45) is -0.943. The molecule has 0 aliphatic rings. The van der Waals surface area contributed by atoms with Gasteiger partial charge in [0.2, 0.25) is 11.8 Å². The molecule has 0 aliphatic carbocycles. The van der Waals surface area contributed by atoms with E-state index in [1.807, 2.05) is 0 Å². The highest BCUT2D eigenvalue weighted by molar-refractivity contribution is 5.90. The highest BCUT2D eigenvalue weighted by Gasteiger charge is 2.30. The summed E-state index contributed by atoms with van der Waals surface area (Å²) in [7, 11) is 1.22. The number of esters is 1. The number of rotatable bonds is 8. The maximum atomic E-state index is 12.5. The minimum Gasteiger partial charge on any atom is -0.467 e. The third kappa shape index (κ3) is 9.53. The zero-order valence-corrected chi connectivity index (χ0v) is 15.7. The average Bonchev–Trinajstić information content (AvgIpc) is 2.45. The predicted molar refractivity (Wildman–Crippen MR) is 90.4 cm³/mol. The second-order valence-corrected chi connectivity index (χ2v) is 6.96. The fourth-order valence-electron chi connectivity index (χ4n) is 1.88. The van der Waals surface area contributed by atoms with Gasteiger partial charge in [-0.1, -0.05) is 13.8 Å². The van der Waals surface area contributed by atoms with Crippen molar-refractivity contribution in [1.29, 1.82) is 0 Å². The van der Waals surface area contributed by atoms with Crippen LogP contribution in [-0.2, 0) is 23.9 Å². The Balaban J connectivity index is 5.11. The molecule has 0 aromatic heterocycles. The van der Waals surface area contributed by atoms with Crippen LogP contribution in [0.1, 0.15) is 47.5 Å². The van der Waals surface area contributed by atoms with E-state index in [4.69, 9.17) is 10.5 Å². The normalized spacial score (nSPS) is 13.6. The SMILES string of the molecule is COC(=O)[C@@H](NC(=O)[C@H](CCC(N)=O)NC(=O)OC(C)(C)C)C(C)C. The Morgan fingerprint density at radius 2 is 1.64 bits per heavy atom. The summed E-state index contributed by atoms with van der Waals surface area (Å²) in [6.45, 7) is 8.51. The highest BCUT2D eigenvalue weighted by Crippen LogP contribution is 2.09. The van der Waals surface area contributed by atoms with Gasteiger partial charge < -0.3 is 25.8 Å². The predicted octanol–water partition coefficient (Wildman–Crippen LogP) is 0.459. The number of alkyl carbamates (subject to hydrolysis) is 1. The van der Waals surface area contributed by atoms with Crippen molar-refractivity contribution in [3.05, 3.63) is 0 Å². The van der Waals surface area contributed by atoms with E-state index < -0.39 is 41.6 Å². The van der Waals surface area contributed by atoms with E-state index in [0.717, 1.165) is 0 Å². The first-order valence-corrected chi connectivity index (χ1v) is 8.03. The summed E-state index contributed by atoms with van der Waals surface area (Å²) < 4.78 is 9.77. The van der Waals surface area contributed by atoms with Crippen LogP contribution in [0.3, 0.4) is 0 Å². The van der Waals surface area contributed by atoms with Gasteiger partial charge in [-0.05, 0) is 33.1 Å². The van der Waals surface area contributed by atoms with Gasteiger partial charge in [0, 0.05) is 6.42 Å². The average molecular weight is 359 g/mol. The smallest absolute Gasteiger partial charge is 0.408 e. The summed E-state index contributed by atoms with van der Waals surface area (Å²) in [5.74, 6) is -2.07. The second-order valence-electron chi connectivity index (χ2n) is 6.96. The number of carbonyl (C=O) groups excluding carboxylic acids is 4. The van der Waals surface area contributed by atoms with E-state index in [1.165, 1.54) is 7.11 Å². The molecule has 0 saturated carbocycles. The zero-order chi connectivity index (χ0) is 19.8. The van der Waals surface area contributed by atoms with Crippen LogP contribution in [0.15, 0.2) is 0 Å². The number of nitrogens with two attached hydrogens (primary N) is 1. The van der Waals surface area contributed by atoms with Crippen molar-refractivity contribution in [2.75, 3.05) is 7.11 Å². The molecule has 9 heteroatoms. The Morgan fingerprint density at radius 3 is 2.04 bits per heavy atom. The molecule has 0 bridgehead atoms. The van der Waals surface area contributed by atoms with Crippen molar-refractivity contribution < 1.29 is 28.7 Å². The quantitative estimate of drug-likeness (QED) is 0.538. The molecule has 9 nitrogen and oxygen atoms in total. The topological polar surface area (TPSA) is 137 Å². The van der Waals surface area contributed by atoms with E-state index in [-0.39, 0.29) is 18.8 Å². The van der Waals surface area contributed by atoms with Gasteiger partial charge in [-0.25, -0.2) is 9.59 Å². The maximum absolute atomic E-state index is 12.5. The van der Waals surface area contributed by atoms with Crippen molar-refractivity contribution in [1.82, 2.24) is 10.6 Å². The summed E-state index contributed by atoms with van der Waals surface area (Å²) in [5.41, 5.74) is 4.36. The Hall–Kier alpha value is -2.32. The lowest BCUT2D eigenvalue weighted by atomic mass is 10.0. The first kappa shape index (κ1) is 22.7. The van der Waals surface area contributed by atoms with Crippen molar-refractivity contribution in [2.24, 2.45) is 11.7 Å². The van der Waals surface area contributed by atoms with Crippen molar-refractivity contribution in [3.8, 4) is 0 Å². The van der Waals surface area contributed by atoms with Gasteiger partial charge in [-0.15, -0.1) is 0 Å². The fourth-order valence-corrected chi connectivity index (χ4v) is 1.88. The number of methoxy groups -OCH3 is 1. The summed E-state index contributed by atoms with van der Waals surface area (Å²) in [5, 5.41) is 4.92. The summed E-state index contributed by atoms with van der Waals surface area (Å²) in [4.78, 5) is 47.1. The first-order chi connectivity index (χ1) is 11.4. The lowest BCUT2D eigenvalue weighted by Gasteiger charge is -2.25. The van der Waals surface area contributed by atoms with Crippen LogP contribution >= 0.6 is 0 Å². The molecule has 0 aliphatic heterocycles. The fraction of sp³-hybridized carbons (Fsp3) is 0.750. The van der Waals surface area contributed by atoms with Gasteiger partial charge in [0.1, 0.15) is 17.7 Å². The molecule has 144 valence electrons. The third-order valence-corrected chi connectivity index (χ3v) is 3.11. The molecule has 0 heterocycles. The number of hydrogen-bond acceptors (Lipinski definition) is 6. The Kier molecular flexibility index (Phi) is 8.94. The van der Waals surface area contributed by atoms with Gasteiger partial charge in [-0.2, -0.15) is 0 Å². The minimum atomic E-state index is -1.08. The zero-order valence-electron chi connectivity index (χ0n) is 15.7. The third-order valence-electron chi connectivity index (χ3n) is 3.11. The van der Waals surface area contributed by atoms with Crippen molar-refractivity contribution >= 4 is 23.9 Å². The lowest BCUT2D eigenvalue weighted by Crippen LogP contribution is -2.54. The molecule has 0 spiro atoms. The van der Waals surface area contributed by atoms with Gasteiger partial charge in [0.15, 0.2) is 0 Å². The maximum Gasteiger partial charge on any atom is 0.408 e. The molecular weight excluding hydrogens is 330 g/mol. The van der Waals surface area contributed by atoms with E-state index in [2.05, 4.69) is 15.4 Å². The van der Waals surface area contributed by atoms with Crippen molar-refractivity contribution in [3.63, 3.8) is 0 Å². The number of primary amides is 1. The standard InChI is InChI=1S/C16H29N3O6/c1-9(2)12(14(22)24-6)19-13(21)10(7-8-11(17)20)18-15(23)25-16(3,4)5/h9-10,12H,7-8H2,1-6H3,(H2,17,20)(H,18,23)(H,19,21)/t10-,12-/m0/s1. The summed E-state index contributed by atoms with van der Waals surface area (Å²) >= 11 is 0. The number of carbonyl (C=O) groups is 4. The Morgan fingerprint density at radius 1 is 1.08 bits per heavy atom. The minimum absolute atomic E-state index is 0.0214. The van der Waals surface area contributed by atoms with E-state index in [9.17, 15) is 19.2 Å². The molecule has 0 rings (SSSR count). The van der Waals surface area contributed by atoms with Gasteiger partial charge in [0.05, 0.1) is 7.11 Å². The number of amides is 3. The number of ether oxygens (including phenoxy) is 2. The Bertz CT molecular complexity index is 499. The van der Waals surface area contributed by atoms with Gasteiger partial charge >= 0.3 is 12.1 Å². The van der Waals surface area contributed by atoms with Crippen LogP contribution in [0.4, 0.5) is 4.79 Å². The van der Waals surface area contributed by atoms with Gasteiger partial charge in [-0.3, -0.25) is 9.59 Å². The van der Waals surface area contributed by atoms with E-state index in [0.29, 0.717) is 0 Å². The second kappa shape index (κ2) is 9.85. The highest BCUT2D eigenvalue weighted by atomic mass is 16.6. The van der Waals surface area contributed by atoms with Crippen molar-refractivity contribution in [2.45, 2.75) is 65.1 Å². The lowest BCUT2D eigenvalue weighted by molar-refractivity contribution is -0.146. The van der Waals surface area contributed by atoms with Crippen LogP contribution in [0.5, 0.6) is 0 Å². The van der Waals surface area contributed by atoms with E-state index >= 15 is 0 Å². The van der Waals surface area contributed by atoms with Crippen LogP contribution in [-0.4, -0.2) is 48.7 Å². The van der Waals surface area contributed by atoms with Crippen LogP contribution in [0.2, 0.25) is 0 Å². The van der Waals surface area contributed by atoms with Gasteiger partial charge in [0.25, 0.3) is 0 Å². The molecular formula is C16H29N3O6. The molecule has 0 radical (unpaired) electrons. The molecule has 0 aromatic rings. The molecule has 0 fully saturated rings. The molecule has 2 atom stereocenters. The molecule has 4 N–H and O–H groups in total. The Labute approximate surface area is 148 Å². The number of nitrogens with one attached hydrogen (secondary N) is 2.